The van der Waals surface area contributed by atoms with E-state index in [9.17, 15) is 34.5 Å². The smallest absolute Gasteiger partial charge is 0.335 e. The molecule has 1 fully saturated rings. The molecule has 1 saturated heterocycles. The van der Waals surface area contributed by atoms with Crippen molar-refractivity contribution in [2.75, 3.05) is 13.2 Å². The molecule has 0 spiro atoms. The molecule has 1 aliphatic rings. The summed E-state index contributed by atoms with van der Waals surface area (Å²) in [6, 6.07) is 0. The number of carbonyl (C=O) groups is 4. The summed E-state index contributed by atoms with van der Waals surface area (Å²) >= 11 is 0. The Balaban J connectivity index is 2.61. The van der Waals surface area contributed by atoms with Crippen LogP contribution in [0.2, 0.25) is 0 Å². The normalized spacial score (nSPS) is 18.1. The van der Waals surface area contributed by atoms with Crippen molar-refractivity contribution in [3.05, 3.63) is 48.6 Å². The minimum absolute atomic E-state index is 0.0561. The number of allylic oxidation sites excluding steroid dienone is 8. The minimum Gasteiger partial charge on any atom is -0.479 e. The lowest BCUT2D eigenvalue weighted by atomic mass is 9.98. The summed E-state index contributed by atoms with van der Waals surface area (Å²) in [7, 11) is 0. The first-order chi connectivity index (χ1) is 38.6. The SMILES string of the molecule is CCCC/C=C\CCCCCCCC(=O)OC(COC(=O)CCCCCCCCCCC/C=C\CCCCCCCC)COC1OC(C(=O)O)C(O)C(O)C1OC(=O)CCCCCCCCCCC/C=C\C/C=C\CCCCC. The average molecular weight is 1120 g/mol. The lowest BCUT2D eigenvalue weighted by Gasteiger charge is -2.40. The number of ether oxygens (including phenoxy) is 5. The number of rotatable bonds is 56. The van der Waals surface area contributed by atoms with Gasteiger partial charge < -0.3 is 39.0 Å². The second kappa shape index (κ2) is 55.2. The number of hydrogen-bond acceptors (Lipinski definition) is 11. The molecule has 0 aliphatic carbocycles. The maximum atomic E-state index is 13.1. The third kappa shape index (κ3) is 45.0. The molecule has 0 aromatic rings. The van der Waals surface area contributed by atoms with Gasteiger partial charge in [0.1, 0.15) is 18.8 Å². The minimum atomic E-state index is -1.90. The quantitative estimate of drug-likeness (QED) is 0.0228. The Hall–Kier alpha value is -3.32. The van der Waals surface area contributed by atoms with Crippen molar-refractivity contribution in [2.45, 2.75) is 340 Å². The fourth-order valence-electron chi connectivity index (χ4n) is 9.79. The van der Waals surface area contributed by atoms with Crippen LogP contribution in [0.15, 0.2) is 48.6 Å². The predicted octanol–water partition coefficient (Wildman–Crippen LogP) is 17.3. The van der Waals surface area contributed by atoms with E-state index in [1.54, 1.807) is 0 Å². The van der Waals surface area contributed by atoms with Crippen molar-refractivity contribution in [1.82, 2.24) is 0 Å². The van der Waals surface area contributed by atoms with E-state index in [1.165, 1.54) is 148 Å². The van der Waals surface area contributed by atoms with E-state index in [-0.39, 0.29) is 25.9 Å². The largest absolute Gasteiger partial charge is 0.479 e. The van der Waals surface area contributed by atoms with Crippen LogP contribution in [0.25, 0.3) is 0 Å². The van der Waals surface area contributed by atoms with Gasteiger partial charge in [-0.25, -0.2) is 4.79 Å². The number of unbranched alkanes of at least 4 members (excludes halogenated alkanes) is 34. The first kappa shape index (κ1) is 73.7. The number of carbonyl (C=O) groups excluding carboxylic acids is 3. The van der Waals surface area contributed by atoms with Crippen LogP contribution in [-0.2, 0) is 42.9 Å². The van der Waals surface area contributed by atoms with Gasteiger partial charge in [-0.3, -0.25) is 14.4 Å². The summed E-state index contributed by atoms with van der Waals surface area (Å²) in [5, 5.41) is 31.6. The predicted molar refractivity (Wildman–Crippen MR) is 322 cm³/mol. The first-order valence-electron chi connectivity index (χ1n) is 32.6. The van der Waals surface area contributed by atoms with Gasteiger partial charge in [-0.1, -0.05) is 236 Å². The summed E-state index contributed by atoms with van der Waals surface area (Å²) in [6.07, 6.45) is 55.0. The Bertz CT molecular complexity index is 1560. The Morgan fingerprint density at radius 1 is 0.418 bits per heavy atom. The zero-order valence-corrected chi connectivity index (χ0v) is 50.6. The van der Waals surface area contributed by atoms with E-state index in [1.807, 2.05) is 0 Å². The molecule has 3 N–H and O–H groups in total. The monoisotopic (exact) mass is 1110 g/mol. The fraction of sp³-hybridized carbons (Fsp3) is 0.821. The highest BCUT2D eigenvalue weighted by atomic mass is 16.7. The van der Waals surface area contributed by atoms with E-state index in [0.29, 0.717) is 19.3 Å². The highest BCUT2D eigenvalue weighted by Crippen LogP contribution is 2.27. The molecular weight excluding hydrogens is 997 g/mol. The molecule has 0 aromatic carbocycles. The molecule has 6 unspecified atom stereocenters. The van der Waals surface area contributed by atoms with Crippen molar-refractivity contribution in [3.63, 3.8) is 0 Å². The summed E-state index contributed by atoms with van der Waals surface area (Å²) < 4.78 is 28.5. The summed E-state index contributed by atoms with van der Waals surface area (Å²) in [4.78, 5) is 51.2. The van der Waals surface area contributed by atoms with Gasteiger partial charge in [0.15, 0.2) is 24.6 Å². The molecular formula is C67H118O12. The molecule has 79 heavy (non-hydrogen) atoms. The first-order valence-corrected chi connectivity index (χ1v) is 32.6. The molecule has 12 nitrogen and oxygen atoms in total. The molecule has 0 saturated carbocycles. The zero-order valence-electron chi connectivity index (χ0n) is 50.6. The molecule has 12 heteroatoms. The van der Waals surface area contributed by atoms with Crippen LogP contribution in [0.4, 0.5) is 0 Å². The highest BCUT2D eigenvalue weighted by Gasteiger charge is 2.50. The standard InChI is InChI=1S/C67H118O12/c1-4-7-10-13-16-19-22-24-26-28-30-32-34-36-39-41-44-47-50-53-59(68)75-56-58(77-60(69)54-51-48-45-42-38-21-18-15-12-9-6-3)57-76-67-65(63(72)62(71)64(79-67)66(73)74)78-61(70)55-52-49-46-43-40-37-35-33-31-29-27-25-23-20-17-14-11-8-5-2/h15,17-18,20,24-27,58,62-65,67,71-72H,4-14,16,19,21-23,28-57H2,1-3H3,(H,73,74)/b18-15-,20-17-,26-24-,27-25-. The Morgan fingerprint density at radius 2 is 0.772 bits per heavy atom. The van der Waals surface area contributed by atoms with E-state index >= 15 is 0 Å². The number of aliphatic hydroxyl groups is 2. The van der Waals surface area contributed by atoms with Crippen LogP contribution >= 0.6 is 0 Å². The van der Waals surface area contributed by atoms with Crippen LogP contribution in [0.3, 0.4) is 0 Å². The van der Waals surface area contributed by atoms with Crippen molar-refractivity contribution in [1.29, 1.82) is 0 Å². The molecule has 458 valence electrons. The van der Waals surface area contributed by atoms with E-state index < -0.39 is 67.3 Å². The third-order valence-electron chi connectivity index (χ3n) is 14.8. The summed E-state index contributed by atoms with van der Waals surface area (Å²) in [5.74, 6) is -3.12. The number of carboxylic acids is 1. The van der Waals surface area contributed by atoms with Crippen LogP contribution in [0.5, 0.6) is 0 Å². The van der Waals surface area contributed by atoms with Crippen LogP contribution in [0.1, 0.15) is 303 Å². The van der Waals surface area contributed by atoms with Gasteiger partial charge in [0, 0.05) is 19.3 Å². The van der Waals surface area contributed by atoms with Gasteiger partial charge >= 0.3 is 23.9 Å². The van der Waals surface area contributed by atoms with Crippen LogP contribution in [-0.4, -0.2) is 89.2 Å². The lowest BCUT2D eigenvalue weighted by Crippen LogP contribution is -2.61. The van der Waals surface area contributed by atoms with Crippen LogP contribution in [0, 0.1) is 0 Å². The van der Waals surface area contributed by atoms with Crippen molar-refractivity contribution in [3.8, 4) is 0 Å². The highest BCUT2D eigenvalue weighted by molar-refractivity contribution is 5.74. The summed E-state index contributed by atoms with van der Waals surface area (Å²) in [5.41, 5.74) is 0. The molecule has 1 rings (SSSR count). The van der Waals surface area contributed by atoms with E-state index in [2.05, 4.69) is 69.4 Å². The lowest BCUT2D eigenvalue weighted by molar-refractivity contribution is -0.301. The molecule has 0 radical (unpaired) electrons. The van der Waals surface area contributed by atoms with Gasteiger partial charge in [-0.15, -0.1) is 0 Å². The molecule has 1 aliphatic heterocycles. The summed E-state index contributed by atoms with van der Waals surface area (Å²) in [6.45, 7) is 5.95. The maximum Gasteiger partial charge on any atom is 0.335 e. The topological polar surface area (TPSA) is 175 Å². The molecule has 0 amide bonds. The van der Waals surface area contributed by atoms with Crippen molar-refractivity contribution >= 4 is 23.9 Å². The number of aliphatic carboxylic acids is 1. The maximum absolute atomic E-state index is 13.1. The second-order valence-corrected chi connectivity index (χ2v) is 22.4. The Labute approximate surface area is 482 Å². The molecule has 0 aromatic heterocycles. The van der Waals surface area contributed by atoms with E-state index in [0.717, 1.165) is 96.3 Å². The number of aliphatic hydroxyl groups excluding tert-OH is 2. The van der Waals surface area contributed by atoms with Gasteiger partial charge in [-0.2, -0.15) is 0 Å². The third-order valence-corrected chi connectivity index (χ3v) is 14.8. The average Bonchev–Trinajstić information content (AvgIpc) is 3.47. The Morgan fingerprint density at radius 3 is 1.22 bits per heavy atom. The van der Waals surface area contributed by atoms with Gasteiger partial charge in [0.2, 0.25) is 0 Å². The van der Waals surface area contributed by atoms with Crippen molar-refractivity contribution < 1.29 is 58.2 Å². The zero-order chi connectivity index (χ0) is 57.5. The number of esters is 3. The van der Waals surface area contributed by atoms with Crippen molar-refractivity contribution in [2.24, 2.45) is 0 Å². The van der Waals surface area contributed by atoms with Crippen LogP contribution < -0.4 is 0 Å². The van der Waals surface area contributed by atoms with Gasteiger partial charge in [0.05, 0.1) is 6.61 Å². The van der Waals surface area contributed by atoms with Gasteiger partial charge in [0.25, 0.3) is 0 Å². The fourth-order valence-corrected chi connectivity index (χ4v) is 9.79. The molecule has 6 atom stereocenters. The number of carboxylic acid groups (broad SMARTS) is 1. The Kier molecular flexibility index (Phi) is 51.5. The second-order valence-electron chi connectivity index (χ2n) is 22.4. The van der Waals surface area contributed by atoms with E-state index in [4.69, 9.17) is 23.7 Å². The van der Waals surface area contributed by atoms with Gasteiger partial charge in [-0.05, 0) is 96.3 Å². The molecule has 0 bridgehead atoms. The number of hydrogen-bond donors (Lipinski definition) is 3. The molecule has 1 heterocycles.